The fourth-order valence-electron chi connectivity index (χ4n) is 3.65. The van der Waals surface area contributed by atoms with Gasteiger partial charge in [-0.3, -0.25) is 9.69 Å². The lowest BCUT2D eigenvalue weighted by Crippen LogP contribution is -2.56. The van der Waals surface area contributed by atoms with Crippen molar-refractivity contribution in [2.24, 2.45) is 0 Å². The third-order valence-electron chi connectivity index (χ3n) is 5.25. The molecule has 3 N–H and O–H groups in total. The Morgan fingerprint density at radius 2 is 2.04 bits per heavy atom. The first-order valence-corrected chi connectivity index (χ1v) is 9.38. The van der Waals surface area contributed by atoms with Gasteiger partial charge < -0.3 is 25.2 Å². The molecule has 1 aromatic carbocycles. The summed E-state index contributed by atoms with van der Waals surface area (Å²) in [4.78, 5) is 16.7. The Labute approximate surface area is 162 Å². The molecule has 0 aromatic heterocycles. The van der Waals surface area contributed by atoms with Crippen LogP contribution in [0.1, 0.15) is 10.4 Å². The summed E-state index contributed by atoms with van der Waals surface area (Å²) in [5.41, 5.74) is 0.245. The molecule has 0 spiro atoms. The van der Waals surface area contributed by atoms with Gasteiger partial charge in [0.2, 0.25) is 0 Å². The Balaban J connectivity index is 1.65. The number of aliphatic hydroxyl groups excluding tert-OH is 2. The van der Waals surface area contributed by atoms with E-state index < -0.39 is 30.0 Å². The monoisotopic (exact) mass is 401 g/mol. The summed E-state index contributed by atoms with van der Waals surface area (Å²) in [6.07, 6.45) is -1.97. The quantitative estimate of drug-likeness (QED) is 0.641. The first kappa shape index (κ1) is 20.4. The third kappa shape index (κ3) is 4.59. The normalized spacial score (nSPS) is 29.8. The predicted octanol–water partition coefficient (Wildman–Crippen LogP) is -0.0545. The lowest BCUT2D eigenvalue weighted by Gasteiger charge is -2.39. The number of nitrogens with zero attached hydrogens (tertiary/aromatic N) is 2. The van der Waals surface area contributed by atoms with E-state index in [0.29, 0.717) is 0 Å². The molecule has 0 radical (unpaired) electrons. The van der Waals surface area contributed by atoms with E-state index in [4.69, 9.17) is 16.3 Å². The highest BCUT2D eigenvalue weighted by molar-refractivity contribution is 6.31. The van der Waals surface area contributed by atoms with Crippen molar-refractivity contribution < 1.29 is 24.1 Å². The summed E-state index contributed by atoms with van der Waals surface area (Å²) in [6.45, 7) is 3.18. The van der Waals surface area contributed by atoms with Crippen LogP contribution in [0.4, 0.5) is 4.39 Å². The van der Waals surface area contributed by atoms with Crippen molar-refractivity contribution in [3.05, 3.63) is 34.6 Å². The average Bonchev–Trinajstić information content (AvgIpc) is 2.98. The van der Waals surface area contributed by atoms with E-state index in [1.165, 1.54) is 12.1 Å². The van der Waals surface area contributed by atoms with Gasteiger partial charge in [0.25, 0.3) is 5.91 Å². The van der Waals surface area contributed by atoms with Crippen LogP contribution in [-0.4, -0.2) is 96.7 Å². The molecular weight excluding hydrogens is 377 g/mol. The predicted molar refractivity (Wildman–Crippen MR) is 98.4 cm³/mol. The molecule has 7 nitrogen and oxygen atoms in total. The van der Waals surface area contributed by atoms with Gasteiger partial charge in [0, 0.05) is 38.3 Å². The number of rotatable bonds is 5. The standard InChI is InChI=1S/C18H25ClFN3O4/c1-22-4-6-23(7-5-22)16-14(27-15(10-24)17(16)25)9-21-18(26)11-2-3-13(20)12(19)8-11/h2-3,8,14-17,24-25H,4-7,9-10H2,1H3,(H,21,26). The molecule has 4 unspecified atom stereocenters. The first-order chi connectivity index (χ1) is 12.9. The Kier molecular flexibility index (Phi) is 6.67. The molecule has 2 heterocycles. The van der Waals surface area contributed by atoms with Crippen LogP contribution >= 0.6 is 11.6 Å². The van der Waals surface area contributed by atoms with Crippen molar-refractivity contribution in [1.29, 1.82) is 0 Å². The van der Waals surface area contributed by atoms with E-state index in [1.807, 2.05) is 7.05 Å². The molecule has 1 amide bonds. The highest BCUT2D eigenvalue weighted by Gasteiger charge is 2.46. The maximum absolute atomic E-state index is 13.3. The summed E-state index contributed by atoms with van der Waals surface area (Å²) in [5, 5.41) is 22.7. The Morgan fingerprint density at radius 3 is 2.67 bits per heavy atom. The second-order valence-electron chi connectivity index (χ2n) is 7.05. The first-order valence-electron chi connectivity index (χ1n) is 9.01. The maximum Gasteiger partial charge on any atom is 0.251 e. The zero-order valence-electron chi connectivity index (χ0n) is 15.1. The minimum absolute atomic E-state index is 0.120. The van der Waals surface area contributed by atoms with E-state index in [0.717, 1.165) is 32.2 Å². The van der Waals surface area contributed by atoms with Crippen molar-refractivity contribution in [3.63, 3.8) is 0 Å². The van der Waals surface area contributed by atoms with Crippen molar-refractivity contribution in [2.75, 3.05) is 46.4 Å². The molecule has 2 fully saturated rings. The molecule has 2 aliphatic rings. The third-order valence-corrected chi connectivity index (χ3v) is 5.54. The van der Waals surface area contributed by atoms with Crippen LogP contribution in [0.5, 0.6) is 0 Å². The van der Waals surface area contributed by atoms with E-state index in [2.05, 4.69) is 15.1 Å². The molecule has 2 aliphatic heterocycles. The topological polar surface area (TPSA) is 85.3 Å². The average molecular weight is 402 g/mol. The number of amides is 1. The number of nitrogens with one attached hydrogen (secondary N) is 1. The highest BCUT2D eigenvalue weighted by atomic mass is 35.5. The summed E-state index contributed by atoms with van der Waals surface area (Å²) in [5.74, 6) is -0.990. The zero-order valence-corrected chi connectivity index (χ0v) is 15.9. The van der Waals surface area contributed by atoms with E-state index in [9.17, 15) is 19.4 Å². The number of likely N-dealkylation sites (N-methyl/N-ethyl adjacent to an activating group) is 1. The van der Waals surface area contributed by atoms with E-state index in [-0.39, 0.29) is 29.8 Å². The second kappa shape index (κ2) is 8.81. The van der Waals surface area contributed by atoms with E-state index >= 15 is 0 Å². The zero-order chi connectivity index (χ0) is 19.6. The number of aliphatic hydroxyl groups is 2. The summed E-state index contributed by atoms with van der Waals surface area (Å²) >= 11 is 5.73. The van der Waals surface area contributed by atoms with Gasteiger partial charge in [0.15, 0.2) is 0 Å². The van der Waals surface area contributed by atoms with Gasteiger partial charge in [-0.15, -0.1) is 0 Å². The maximum atomic E-state index is 13.3. The van der Waals surface area contributed by atoms with Crippen LogP contribution in [0.15, 0.2) is 18.2 Å². The Hall–Kier alpha value is -1.29. The molecule has 4 atom stereocenters. The van der Waals surface area contributed by atoms with Gasteiger partial charge in [-0.05, 0) is 25.2 Å². The molecule has 27 heavy (non-hydrogen) atoms. The minimum Gasteiger partial charge on any atom is -0.394 e. The molecule has 3 rings (SSSR count). The Bertz CT molecular complexity index is 672. The van der Waals surface area contributed by atoms with Crippen molar-refractivity contribution in [2.45, 2.75) is 24.4 Å². The van der Waals surface area contributed by atoms with Crippen LogP contribution in [0, 0.1) is 5.82 Å². The number of carbonyl (C=O) groups is 1. The number of hydrogen-bond acceptors (Lipinski definition) is 6. The van der Waals surface area contributed by atoms with Gasteiger partial charge in [-0.25, -0.2) is 4.39 Å². The number of carbonyl (C=O) groups excluding carboxylic acids is 1. The molecule has 0 saturated carbocycles. The van der Waals surface area contributed by atoms with Crippen LogP contribution in [0.3, 0.4) is 0 Å². The largest absolute Gasteiger partial charge is 0.394 e. The second-order valence-corrected chi connectivity index (χ2v) is 7.46. The smallest absolute Gasteiger partial charge is 0.251 e. The fraction of sp³-hybridized carbons (Fsp3) is 0.611. The molecule has 1 aromatic rings. The fourth-order valence-corrected chi connectivity index (χ4v) is 3.83. The van der Waals surface area contributed by atoms with Crippen LogP contribution in [-0.2, 0) is 4.74 Å². The SMILES string of the molecule is CN1CCN(C2C(CNC(=O)c3ccc(F)c(Cl)c3)OC(CO)C2O)CC1. The van der Waals surface area contributed by atoms with Gasteiger partial charge in [0.1, 0.15) is 18.0 Å². The number of piperazine rings is 1. The van der Waals surface area contributed by atoms with E-state index in [1.54, 1.807) is 0 Å². The lowest BCUT2D eigenvalue weighted by molar-refractivity contribution is -0.0209. The molecule has 0 aliphatic carbocycles. The number of benzene rings is 1. The van der Waals surface area contributed by atoms with Crippen LogP contribution < -0.4 is 5.32 Å². The summed E-state index contributed by atoms with van der Waals surface area (Å²) in [6, 6.07) is 3.45. The van der Waals surface area contributed by atoms with Crippen molar-refractivity contribution in [1.82, 2.24) is 15.1 Å². The molecule has 9 heteroatoms. The molecule has 0 bridgehead atoms. The highest BCUT2D eigenvalue weighted by Crippen LogP contribution is 2.26. The van der Waals surface area contributed by atoms with Crippen molar-refractivity contribution >= 4 is 17.5 Å². The molecule has 2 saturated heterocycles. The molecular formula is C18H25ClFN3O4. The number of halogens is 2. The number of hydrogen-bond donors (Lipinski definition) is 3. The lowest BCUT2D eigenvalue weighted by atomic mass is 10.0. The summed E-state index contributed by atoms with van der Waals surface area (Å²) < 4.78 is 19.0. The van der Waals surface area contributed by atoms with Crippen LogP contribution in [0.2, 0.25) is 5.02 Å². The van der Waals surface area contributed by atoms with Gasteiger partial charge in [-0.2, -0.15) is 0 Å². The van der Waals surface area contributed by atoms with Crippen molar-refractivity contribution in [3.8, 4) is 0 Å². The van der Waals surface area contributed by atoms with Crippen LogP contribution in [0.25, 0.3) is 0 Å². The molecule has 150 valence electrons. The van der Waals surface area contributed by atoms with Gasteiger partial charge in [-0.1, -0.05) is 11.6 Å². The van der Waals surface area contributed by atoms with Gasteiger partial charge >= 0.3 is 0 Å². The minimum atomic E-state index is -0.833. The van der Waals surface area contributed by atoms with Gasteiger partial charge in [0.05, 0.1) is 23.8 Å². The number of ether oxygens (including phenoxy) is 1. The summed E-state index contributed by atoms with van der Waals surface area (Å²) in [7, 11) is 2.04. The Morgan fingerprint density at radius 1 is 1.33 bits per heavy atom.